The third-order valence-electron chi connectivity index (χ3n) is 4.07. The Kier molecular flexibility index (Phi) is 5.06. The van der Waals surface area contributed by atoms with E-state index in [0.29, 0.717) is 6.04 Å². The smallest absolute Gasteiger partial charge is 0.122 e. The van der Waals surface area contributed by atoms with E-state index in [1.54, 1.807) is 7.11 Å². The molecule has 1 atom stereocenters. The van der Waals surface area contributed by atoms with E-state index in [2.05, 4.69) is 44.3 Å². The van der Waals surface area contributed by atoms with Gasteiger partial charge in [0.05, 0.1) is 13.7 Å². The summed E-state index contributed by atoms with van der Waals surface area (Å²) in [6.07, 6.45) is 2.13. The zero-order chi connectivity index (χ0) is 14.6. The molecule has 0 amide bonds. The minimum Gasteiger partial charge on any atom is -0.496 e. The summed E-state index contributed by atoms with van der Waals surface area (Å²) in [5, 5.41) is 3.58. The van der Waals surface area contributed by atoms with Crippen LogP contribution in [0.4, 0.5) is 0 Å². The molecule has 0 aromatic heterocycles. The monoisotopic (exact) mass is 277 g/mol. The zero-order valence-corrected chi connectivity index (χ0v) is 13.2. The minimum atomic E-state index is 0.200. The molecule has 3 nitrogen and oxygen atoms in total. The van der Waals surface area contributed by atoms with Crippen LogP contribution in [0.15, 0.2) is 18.2 Å². The molecule has 1 unspecified atom stereocenters. The summed E-state index contributed by atoms with van der Waals surface area (Å²) < 4.78 is 11.2. The molecule has 1 N–H and O–H groups in total. The lowest BCUT2D eigenvalue weighted by Crippen LogP contribution is -2.39. The molecular formula is C17H27NO2. The predicted molar refractivity (Wildman–Crippen MR) is 82.4 cm³/mol. The van der Waals surface area contributed by atoms with E-state index in [1.165, 1.54) is 11.1 Å². The molecule has 1 aliphatic heterocycles. The fourth-order valence-electron chi connectivity index (χ4n) is 2.86. The number of ether oxygens (including phenoxy) is 2. The summed E-state index contributed by atoms with van der Waals surface area (Å²) in [4.78, 5) is 0. The second kappa shape index (κ2) is 6.59. The summed E-state index contributed by atoms with van der Waals surface area (Å²) in [7, 11) is 1.75. The Labute approximate surface area is 122 Å². The number of nitrogens with one attached hydrogen (secondary N) is 1. The Morgan fingerprint density at radius 1 is 1.40 bits per heavy atom. The molecule has 2 rings (SSSR count). The maximum absolute atomic E-state index is 5.69. The molecule has 1 heterocycles. The molecule has 1 fully saturated rings. The molecule has 0 radical (unpaired) electrons. The van der Waals surface area contributed by atoms with Gasteiger partial charge in [0.2, 0.25) is 0 Å². The normalized spacial score (nSPS) is 22.4. The van der Waals surface area contributed by atoms with E-state index in [9.17, 15) is 0 Å². The second-order valence-corrected chi connectivity index (χ2v) is 6.33. The van der Waals surface area contributed by atoms with Crippen molar-refractivity contribution in [1.82, 2.24) is 5.32 Å². The van der Waals surface area contributed by atoms with Gasteiger partial charge in [-0.15, -0.1) is 0 Å². The van der Waals surface area contributed by atoms with E-state index >= 15 is 0 Å². The Balaban J connectivity index is 2.17. The van der Waals surface area contributed by atoms with Crippen molar-refractivity contribution in [3.05, 3.63) is 29.3 Å². The van der Waals surface area contributed by atoms with Gasteiger partial charge in [0.1, 0.15) is 5.75 Å². The molecule has 0 spiro atoms. The van der Waals surface area contributed by atoms with E-state index in [-0.39, 0.29) is 5.41 Å². The van der Waals surface area contributed by atoms with Crippen LogP contribution >= 0.6 is 0 Å². The van der Waals surface area contributed by atoms with Crippen molar-refractivity contribution in [3.63, 3.8) is 0 Å². The SMILES string of the molecule is COc1ccc(C)cc1CC1(CNC(C)C)CCOC1. The van der Waals surface area contributed by atoms with Crippen LogP contribution in [-0.2, 0) is 11.2 Å². The summed E-state index contributed by atoms with van der Waals surface area (Å²) in [6, 6.07) is 6.93. The first kappa shape index (κ1) is 15.3. The van der Waals surface area contributed by atoms with Crippen LogP contribution < -0.4 is 10.1 Å². The Bertz CT molecular complexity index is 437. The maximum atomic E-state index is 5.69. The summed E-state index contributed by atoms with van der Waals surface area (Å²) in [5.74, 6) is 0.992. The molecule has 0 saturated carbocycles. The van der Waals surface area contributed by atoms with Gasteiger partial charge in [-0.25, -0.2) is 0 Å². The fourth-order valence-corrected chi connectivity index (χ4v) is 2.86. The highest BCUT2D eigenvalue weighted by Crippen LogP contribution is 2.35. The van der Waals surface area contributed by atoms with Crippen molar-refractivity contribution in [2.75, 3.05) is 26.9 Å². The van der Waals surface area contributed by atoms with Gasteiger partial charge in [-0.2, -0.15) is 0 Å². The number of hydrogen-bond acceptors (Lipinski definition) is 3. The van der Waals surface area contributed by atoms with Gasteiger partial charge in [-0.05, 0) is 31.4 Å². The average molecular weight is 277 g/mol. The molecule has 0 bridgehead atoms. The van der Waals surface area contributed by atoms with E-state index in [4.69, 9.17) is 9.47 Å². The van der Waals surface area contributed by atoms with Crippen LogP contribution in [0, 0.1) is 12.3 Å². The van der Waals surface area contributed by atoms with E-state index in [0.717, 1.165) is 38.3 Å². The van der Waals surface area contributed by atoms with Crippen LogP contribution in [0.3, 0.4) is 0 Å². The van der Waals surface area contributed by atoms with Gasteiger partial charge in [0.25, 0.3) is 0 Å². The van der Waals surface area contributed by atoms with Crippen LogP contribution in [0.1, 0.15) is 31.4 Å². The van der Waals surface area contributed by atoms with E-state index in [1.807, 2.05) is 0 Å². The van der Waals surface area contributed by atoms with Crippen LogP contribution in [0.2, 0.25) is 0 Å². The third kappa shape index (κ3) is 3.74. The molecule has 20 heavy (non-hydrogen) atoms. The lowest BCUT2D eigenvalue weighted by Gasteiger charge is -2.29. The third-order valence-corrected chi connectivity index (χ3v) is 4.07. The van der Waals surface area contributed by atoms with E-state index < -0.39 is 0 Å². The molecule has 1 aliphatic rings. The van der Waals surface area contributed by atoms with Crippen LogP contribution in [0.5, 0.6) is 5.75 Å². The number of aryl methyl sites for hydroxylation is 1. The Morgan fingerprint density at radius 3 is 2.80 bits per heavy atom. The number of hydrogen-bond donors (Lipinski definition) is 1. The van der Waals surface area contributed by atoms with Gasteiger partial charge in [-0.3, -0.25) is 0 Å². The number of benzene rings is 1. The molecule has 112 valence electrons. The van der Waals surface area contributed by atoms with Crippen molar-refractivity contribution in [2.24, 2.45) is 5.41 Å². The van der Waals surface area contributed by atoms with Gasteiger partial charge in [0, 0.05) is 24.6 Å². The molecule has 1 aromatic carbocycles. The second-order valence-electron chi connectivity index (χ2n) is 6.33. The number of rotatable bonds is 6. The number of methoxy groups -OCH3 is 1. The van der Waals surface area contributed by atoms with Crippen LogP contribution in [-0.4, -0.2) is 32.9 Å². The van der Waals surface area contributed by atoms with Crippen molar-refractivity contribution in [1.29, 1.82) is 0 Å². The molecule has 0 aliphatic carbocycles. The first-order valence-electron chi connectivity index (χ1n) is 7.49. The summed E-state index contributed by atoms with van der Waals surface area (Å²) >= 11 is 0. The molecule has 1 saturated heterocycles. The van der Waals surface area contributed by atoms with Crippen molar-refractivity contribution in [3.8, 4) is 5.75 Å². The van der Waals surface area contributed by atoms with Crippen molar-refractivity contribution >= 4 is 0 Å². The summed E-state index contributed by atoms with van der Waals surface area (Å²) in [6.45, 7) is 9.22. The minimum absolute atomic E-state index is 0.200. The predicted octanol–water partition coefficient (Wildman–Crippen LogP) is 2.95. The Hall–Kier alpha value is -1.06. The van der Waals surface area contributed by atoms with Crippen molar-refractivity contribution in [2.45, 2.75) is 39.7 Å². The van der Waals surface area contributed by atoms with Gasteiger partial charge >= 0.3 is 0 Å². The average Bonchev–Trinajstić information content (AvgIpc) is 2.86. The van der Waals surface area contributed by atoms with Crippen LogP contribution in [0.25, 0.3) is 0 Å². The van der Waals surface area contributed by atoms with Crippen molar-refractivity contribution < 1.29 is 9.47 Å². The zero-order valence-electron chi connectivity index (χ0n) is 13.2. The topological polar surface area (TPSA) is 30.5 Å². The Morgan fingerprint density at radius 2 is 2.20 bits per heavy atom. The summed E-state index contributed by atoms with van der Waals surface area (Å²) in [5.41, 5.74) is 2.78. The highest BCUT2D eigenvalue weighted by molar-refractivity contribution is 5.37. The molecule has 1 aromatic rings. The maximum Gasteiger partial charge on any atom is 0.122 e. The first-order valence-corrected chi connectivity index (χ1v) is 7.49. The lowest BCUT2D eigenvalue weighted by atomic mass is 9.80. The lowest BCUT2D eigenvalue weighted by molar-refractivity contribution is 0.147. The van der Waals surface area contributed by atoms with Gasteiger partial charge in [-0.1, -0.05) is 31.5 Å². The standard InChI is InChI=1S/C17H27NO2/c1-13(2)18-11-17(7-8-20-12-17)10-15-9-14(3)5-6-16(15)19-4/h5-6,9,13,18H,7-8,10-12H2,1-4H3. The quantitative estimate of drug-likeness (QED) is 0.867. The molecule has 3 heteroatoms. The highest BCUT2D eigenvalue weighted by atomic mass is 16.5. The highest BCUT2D eigenvalue weighted by Gasteiger charge is 2.35. The molecular weight excluding hydrogens is 250 g/mol. The van der Waals surface area contributed by atoms with Gasteiger partial charge in [0.15, 0.2) is 0 Å². The largest absolute Gasteiger partial charge is 0.496 e. The fraction of sp³-hybridized carbons (Fsp3) is 0.647. The first-order chi connectivity index (χ1) is 9.54. The van der Waals surface area contributed by atoms with Gasteiger partial charge < -0.3 is 14.8 Å².